The Morgan fingerprint density at radius 1 is 1.70 bits per heavy atom. The minimum absolute atomic E-state index is 0. The number of amides is 1. The summed E-state index contributed by atoms with van der Waals surface area (Å²) in [7, 11) is 0. The van der Waals surface area contributed by atoms with E-state index in [2.05, 4.69) is 5.32 Å². The molecule has 2 N–H and O–H groups in total. The molecule has 1 rings (SSSR count). The standard InChI is InChI=1S/C5H7NO3.Zn/c7-4-2-1-3(6-4)5(8)9;/h3H,1-2H2,(H,6,7)(H,8,9);/t3-;/m0./s1. The van der Waals surface area contributed by atoms with E-state index in [1.54, 1.807) is 0 Å². The van der Waals surface area contributed by atoms with Crippen LogP contribution in [0.2, 0.25) is 0 Å². The van der Waals surface area contributed by atoms with Crippen LogP contribution in [0.1, 0.15) is 12.8 Å². The zero-order valence-electron chi connectivity index (χ0n) is 5.46. The van der Waals surface area contributed by atoms with Crippen LogP contribution in [0.5, 0.6) is 0 Å². The van der Waals surface area contributed by atoms with Crippen LogP contribution in [0.3, 0.4) is 0 Å². The summed E-state index contributed by atoms with van der Waals surface area (Å²) in [5, 5.41) is 10.6. The summed E-state index contributed by atoms with van der Waals surface area (Å²) in [6.07, 6.45) is 0.769. The van der Waals surface area contributed by atoms with E-state index in [-0.39, 0.29) is 25.4 Å². The van der Waals surface area contributed by atoms with E-state index in [0.717, 1.165) is 0 Å². The quantitative estimate of drug-likeness (QED) is 0.545. The summed E-state index contributed by atoms with van der Waals surface area (Å²) in [6, 6.07) is -0.641. The van der Waals surface area contributed by atoms with E-state index in [9.17, 15) is 9.59 Å². The van der Waals surface area contributed by atoms with E-state index in [0.29, 0.717) is 12.8 Å². The fraction of sp³-hybridized carbons (Fsp3) is 0.600. The largest absolute Gasteiger partial charge is 0.480 e. The van der Waals surface area contributed by atoms with Gasteiger partial charge in [0.1, 0.15) is 6.04 Å². The van der Waals surface area contributed by atoms with E-state index in [1.807, 2.05) is 0 Å². The molecule has 1 atom stereocenters. The summed E-state index contributed by atoms with van der Waals surface area (Å²) in [4.78, 5) is 20.5. The molecule has 0 bridgehead atoms. The van der Waals surface area contributed by atoms with Gasteiger partial charge in [0.2, 0.25) is 5.91 Å². The molecule has 1 fully saturated rings. The molecule has 1 amide bonds. The third-order valence-corrected chi connectivity index (χ3v) is 1.29. The third kappa shape index (κ3) is 2.06. The van der Waals surface area contributed by atoms with Crippen LogP contribution >= 0.6 is 0 Å². The number of rotatable bonds is 1. The molecule has 0 aromatic carbocycles. The van der Waals surface area contributed by atoms with E-state index >= 15 is 0 Å². The molecule has 0 unspecified atom stereocenters. The Hall–Kier alpha value is -0.437. The van der Waals surface area contributed by atoms with Crippen molar-refractivity contribution in [2.24, 2.45) is 0 Å². The minimum Gasteiger partial charge on any atom is -0.480 e. The van der Waals surface area contributed by atoms with Gasteiger partial charge in [0, 0.05) is 25.9 Å². The molecule has 52 valence electrons. The average Bonchev–Trinajstić information content (AvgIpc) is 2.14. The van der Waals surface area contributed by atoms with Crippen molar-refractivity contribution in [2.75, 3.05) is 0 Å². The normalized spacial score (nSPS) is 23.2. The Bertz CT molecular complexity index is 159. The fourth-order valence-electron chi connectivity index (χ4n) is 0.799. The van der Waals surface area contributed by atoms with E-state index in [4.69, 9.17) is 5.11 Å². The molecule has 0 radical (unpaired) electrons. The number of carboxylic acid groups (broad SMARTS) is 1. The van der Waals surface area contributed by atoms with Crippen molar-refractivity contribution in [1.29, 1.82) is 0 Å². The van der Waals surface area contributed by atoms with Crippen molar-refractivity contribution in [3.8, 4) is 0 Å². The van der Waals surface area contributed by atoms with Crippen LogP contribution in [-0.4, -0.2) is 23.0 Å². The second kappa shape index (κ2) is 3.66. The van der Waals surface area contributed by atoms with Gasteiger partial charge in [-0.05, 0) is 6.42 Å². The predicted molar refractivity (Wildman–Crippen MR) is 28.8 cm³/mol. The molecule has 0 saturated carbocycles. The zero-order valence-corrected chi connectivity index (χ0v) is 8.43. The molecule has 1 saturated heterocycles. The van der Waals surface area contributed by atoms with Crippen LogP contribution < -0.4 is 5.32 Å². The molecule has 0 aromatic rings. The summed E-state index contributed by atoms with van der Waals surface area (Å²) in [6.45, 7) is 0. The van der Waals surface area contributed by atoms with Crippen LogP contribution in [-0.2, 0) is 29.1 Å². The molecular formula is C5H7NO3Zn. The molecule has 0 spiro atoms. The van der Waals surface area contributed by atoms with Crippen molar-refractivity contribution in [3.63, 3.8) is 0 Å². The van der Waals surface area contributed by atoms with Gasteiger partial charge in [-0.1, -0.05) is 0 Å². The van der Waals surface area contributed by atoms with Crippen molar-refractivity contribution in [3.05, 3.63) is 0 Å². The van der Waals surface area contributed by atoms with Crippen molar-refractivity contribution in [2.45, 2.75) is 18.9 Å². The molecule has 1 heterocycles. The fourth-order valence-corrected chi connectivity index (χ4v) is 0.799. The van der Waals surface area contributed by atoms with Crippen LogP contribution in [0.4, 0.5) is 0 Å². The molecule has 5 heteroatoms. The molecule has 1 aliphatic rings. The minimum atomic E-state index is -0.944. The Kier molecular flexibility index (Phi) is 3.50. The van der Waals surface area contributed by atoms with Gasteiger partial charge in [-0.15, -0.1) is 0 Å². The molecule has 10 heavy (non-hydrogen) atoms. The zero-order chi connectivity index (χ0) is 6.85. The number of hydrogen-bond acceptors (Lipinski definition) is 2. The first kappa shape index (κ1) is 9.56. The van der Waals surface area contributed by atoms with E-state index in [1.165, 1.54) is 0 Å². The van der Waals surface area contributed by atoms with Gasteiger partial charge in [-0.2, -0.15) is 0 Å². The van der Waals surface area contributed by atoms with Crippen LogP contribution in [0.25, 0.3) is 0 Å². The first-order chi connectivity index (χ1) is 4.20. The van der Waals surface area contributed by atoms with Crippen LogP contribution in [0.15, 0.2) is 0 Å². The Morgan fingerprint density at radius 2 is 2.30 bits per heavy atom. The first-order valence-corrected chi connectivity index (χ1v) is 2.72. The third-order valence-electron chi connectivity index (χ3n) is 1.29. The molecule has 1 aliphatic heterocycles. The molecular weight excluding hydrogens is 187 g/mol. The average molecular weight is 195 g/mol. The van der Waals surface area contributed by atoms with Gasteiger partial charge < -0.3 is 10.4 Å². The number of nitrogens with one attached hydrogen (secondary N) is 1. The van der Waals surface area contributed by atoms with Crippen molar-refractivity contribution < 1.29 is 34.2 Å². The second-order valence-corrected chi connectivity index (χ2v) is 2.00. The number of aliphatic carboxylic acids is 1. The number of carbonyl (C=O) groups is 2. The topological polar surface area (TPSA) is 66.4 Å². The Morgan fingerprint density at radius 3 is 2.50 bits per heavy atom. The number of carbonyl (C=O) groups excluding carboxylic acids is 1. The van der Waals surface area contributed by atoms with Gasteiger partial charge in [0.25, 0.3) is 0 Å². The number of carboxylic acids is 1. The van der Waals surface area contributed by atoms with Gasteiger partial charge in [0.05, 0.1) is 0 Å². The van der Waals surface area contributed by atoms with Gasteiger partial charge in [-0.3, -0.25) is 4.79 Å². The smallest absolute Gasteiger partial charge is 0.326 e. The Labute approximate surface area is 70.7 Å². The summed E-state index contributed by atoms with van der Waals surface area (Å²) in [5.74, 6) is -1.11. The SMILES string of the molecule is O=C1CC[C@@H](C(=O)O)N1.[Zn]. The number of hydrogen-bond donors (Lipinski definition) is 2. The monoisotopic (exact) mass is 193 g/mol. The summed E-state index contributed by atoms with van der Waals surface area (Å²) < 4.78 is 0. The summed E-state index contributed by atoms with van der Waals surface area (Å²) >= 11 is 0. The van der Waals surface area contributed by atoms with Gasteiger partial charge in [-0.25, -0.2) is 4.79 Å². The molecule has 4 nitrogen and oxygen atoms in total. The maximum Gasteiger partial charge on any atom is 0.326 e. The van der Waals surface area contributed by atoms with Crippen molar-refractivity contribution in [1.82, 2.24) is 5.32 Å². The summed E-state index contributed by atoms with van der Waals surface area (Å²) in [5.41, 5.74) is 0. The predicted octanol–water partition coefficient (Wildman–Crippen LogP) is -0.653. The van der Waals surface area contributed by atoms with E-state index < -0.39 is 12.0 Å². The van der Waals surface area contributed by atoms with Gasteiger partial charge in [0.15, 0.2) is 0 Å². The maximum absolute atomic E-state index is 10.4. The van der Waals surface area contributed by atoms with Crippen LogP contribution in [0, 0.1) is 0 Å². The first-order valence-electron chi connectivity index (χ1n) is 2.72. The van der Waals surface area contributed by atoms with Crippen molar-refractivity contribution >= 4 is 11.9 Å². The molecule has 0 aromatic heterocycles. The van der Waals surface area contributed by atoms with Gasteiger partial charge >= 0.3 is 5.97 Å². The maximum atomic E-state index is 10.4. The molecule has 0 aliphatic carbocycles. The Balaban J connectivity index is 0.000000810. The second-order valence-electron chi connectivity index (χ2n) is 2.00.